The van der Waals surface area contributed by atoms with Gasteiger partial charge in [0.05, 0.1) is 22.5 Å². The van der Waals surface area contributed by atoms with Crippen LogP contribution in [0.2, 0.25) is 0 Å². The molecular weight excluding hydrogens is 506 g/mol. The van der Waals surface area contributed by atoms with Crippen LogP contribution >= 0.6 is 0 Å². The summed E-state index contributed by atoms with van der Waals surface area (Å²) in [7, 11) is 0. The number of aromatic nitrogens is 2. The van der Waals surface area contributed by atoms with Crippen molar-refractivity contribution in [2.75, 3.05) is 5.32 Å². The molecule has 2 aromatic heterocycles. The van der Waals surface area contributed by atoms with Crippen molar-refractivity contribution in [3.63, 3.8) is 0 Å². The zero-order chi connectivity index (χ0) is 29.1. The number of nitrogens with one attached hydrogen (secondary N) is 1. The summed E-state index contributed by atoms with van der Waals surface area (Å²) in [6.07, 6.45) is 4.21. The van der Waals surface area contributed by atoms with E-state index in [1.165, 1.54) is 10.8 Å². The molecule has 0 aliphatic rings. The second-order valence-corrected chi connectivity index (χ2v) is 11.3. The first-order valence-electron chi connectivity index (χ1n) is 12.9. The van der Waals surface area contributed by atoms with Crippen LogP contribution in [-0.2, 0) is 9.47 Å². The Labute approximate surface area is 234 Å². The van der Waals surface area contributed by atoms with Gasteiger partial charge in [0.2, 0.25) is 0 Å². The second kappa shape index (κ2) is 11.2. The number of carbonyl (C=O) groups excluding carboxylic acids is 3. The Kier molecular flexibility index (Phi) is 7.91. The number of hydrogen-bond acceptors (Lipinski definition) is 6. The number of rotatable bonds is 5. The molecule has 0 fully saturated rings. The molecule has 4 aromatic rings. The van der Waals surface area contributed by atoms with Gasteiger partial charge in [0, 0.05) is 29.7 Å². The van der Waals surface area contributed by atoms with E-state index in [-0.39, 0.29) is 11.3 Å². The fraction of sp³-hybridized carbons (Fsp3) is 0.250. The minimum atomic E-state index is -0.740. The summed E-state index contributed by atoms with van der Waals surface area (Å²) in [6.45, 7) is 10.7. The highest BCUT2D eigenvalue weighted by Gasteiger charge is 2.24. The van der Waals surface area contributed by atoms with Crippen LogP contribution in [0, 0.1) is 0 Å². The second-order valence-electron chi connectivity index (χ2n) is 11.3. The van der Waals surface area contributed by atoms with Gasteiger partial charge in [0.15, 0.2) is 0 Å². The van der Waals surface area contributed by atoms with Gasteiger partial charge in [-0.15, -0.1) is 0 Å². The van der Waals surface area contributed by atoms with Gasteiger partial charge in [0.25, 0.3) is 5.91 Å². The average molecular weight is 540 g/mol. The molecule has 0 bridgehead atoms. The predicted molar refractivity (Wildman–Crippen MR) is 154 cm³/mol. The minimum absolute atomic E-state index is 0.176. The zero-order valence-electron chi connectivity index (χ0n) is 23.5. The molecule has 0 unspecified atom stereocenters. The van der Waals surface area contributed by atoms with Crippen molar-refractivity contribution >= 4 is 23.7 Å². The standard InChI is InChI=1S/C32H33N3O5/c1-31(2,3)39-29(37)25-15-14-22(27-13-10-16-35(27)30(38)40-32(4,5)6)18-26(25)34-28(36)24-17-23(19-33-20-24)21-11-8-7-9-12-21/h7-20H,1-6H3,(H,34,36). The number of pyridine rings is 1. The molecule has 206 valence electrons. The van der Waals surface area contributed by atoms with Gasteiger partial charge in [-0.05, 0) is 77.4 Å². The van der Waals surface area contributed by atoms with Crippen molar-refractivity contribution < 1.29 is 23.9 Å². The summed E-state index contributed by atoms with van der Waals surface area (Å²) in [5.74, 6) is -1.04. The Hall–Kier alpha value is -4.72. The zero-order valence-corrected chi connectivity index (χ0v) is 23.5. The number of amides is 1. The third kappa shape index (κ3) is 7.02. The molecule has 0 spiro atoms. The highest BCUT2D eigenvalue weighted by Crippen LogP contribution is 2.29. The Balaban J connectivity index is 1.72. The van der Waals surface area contributed by atoms with Crippen LogP contribution in [-0.4, -0.2) is 38.7 Å². The number of esters is 1. The van der Waals surface area contributed by atoms with E-state index >= 15 is 0 Å². The Bertz CT molecular complexity index is 1540. The molecule has 2 heterocycles. The van der Waals surface area contributed by atoms with Gasteiger partial charge in [-0.2, -0.15) is 0 Å². The molecule has 40 heavy (non-hydrogen) atoms. The molecule has 4 rings (SSSR count). The van der Waals surface area contributed by atoms with Crippen LogP contribution in [0.1, 0.15) is 62.3 Å². The summed E-state index contributed by atoms with van der Waals surface area (Å²) >= 11 is 0. The average Bonchev–Trinajstić information content (AvgIpc) is 3.38. The van der Waals surface area contributed by atoms with E-state index in [0.29, 0.717) is 16.8 Å². The molecule has 0 saturated carbocycles. The van der Waals surface area contributed by atoms with Crippen LogP contribution in [0.3, 0.4) is 0 Å². The molecule has 0 atom stereocenters. The van der Waals surface area contributed by atoms with Crippen molar-refractivity contribution in [1.82, 2.24) is 9.55 Å². The Morgan fingerprint density at radius 2 is 1.45 bits per heavy atom. The molecule has 0 aliphatic heterocycles. The first-order chi connectivity index (χ1) is 18.8. The number of nitrogens with zero attached hydrogens (tertiary/aromatic N) is 2. The third-order valence-corrected chi connectivity index (χ3v) is 5.63. The lowest BCUT2D eigenvalue weighted by molar-refractivity contribution is 0.00704. The maximum Gasteiger partial charge on any atom is 0.418 e. The molecule has 0 radical (unpaired) electrons. The van der Waals surface area contributed by atoms with Gasteiger partial charge in [-0.3, -0.25) is 14.3 Å². The van der Waals surface area contributed by atoms with E-state index in [1.807, 2.05) is 30.3 Å². The van der Waals surface area contributed by atoms with E-state index in [9.17, 15) is 14.4 Å². The third-order valence-electron chi connectivity index (χ3n) is 5.63. The minimum Gasteiger partial charge on any atom is -0.456 e. The van der Waals surface area contributed by atoms with Gasteiger partial charge < -0.3 is 14.8 Å². The largest absolute Gasteiger partial charge is 0.456 e. The van der Waals surface area contributed by atoms with Crippen molar-refractivity contribution in [1.29, 1.82) is 0 Å². The van der Waals surface area contributed by atoms with Gasteiger partial charge in [0.1, 0.15) is 11.2 Å². The van der Waals surface area contributed by atoms with E-state index < -0.39 is 29.2 Å². The molecule has 2 aromatic carbocycles. The molecule has 0 aliphatic carbocycles. The first kappa shape index (κ1) is 28.3. The monoisotopic (exact) mass is 539 g/mol. The summed E-state index contributed by atoms with van der Waals surface area (Å²) in [6, 6.07) is 19.7. The van der Waals surface area contributed by atoms with Gasteiger partial charge in [-0.1, -0.05) is 36.4 Å². The normalized spacial score (nSPS) is 11.6. The van der Waals surface area contributed by atoms with Crippen molar-refractivity contribution in [3.05, 3.63) is 96.4 Å². The molecule has 0 saturated heterocycles. The van der Waals surface area contributed by atoms with Crippen LogP contribution in [0.5, 0.6) is 0 Å². The summed E-state index contributed by atoms with van der Waals surface area (Å²) < 4.78 is 12.5. The fourth-order valence-electron chi connectivity index (χ4n) is 3.95. The number of ether oxygens (including phenoxy) is 2. The summed E-state index contributed by atoms with van der Waals surface area (Å²) in [4.78, 5) is 43.6. The number of anilines is 1. The number of benzene rings is 2. The predicted octanol–water partition coefficient (Wildman–Crippen LogP) is 7.21. The van der Waals surface area contributed by atoms with Crippen molar-refractivity contribution in [3.8, 4) is 22.4 Å². The smallest absolute Gasteiger partial charge is 0.418 e. The quantitative estimate of drug-likeness (QED) is 0.269. The summed E-state index contributed by atoms with van der Waals surface area (Å²) in [5, 5.41) is 2.86. The topological polar surface area (TPSA) is 99.5 Å². The van der Waals surface area contributed by atoms with Crippen LogP contribution in [0.15, 0.2) is 85.3 Å². The molecule has 8 nitrogen and oxygen atoms in total. The lowest BCUT2D eigenvalue weighted by Gasteiger charge is -2.22. The highest BCUT2D eigenvalue weighted by atomic mass is 16.6. The Morgan fingerprint density at radius 3 is 2.12 bits per heavy atom. The molecular formula is C32H33N3O5. The first-order valence-corrected chi connectivity index (χ1v) is 12.9. The maximum absolute atomic E-state index is 13.4. The van der Waals surface area contributed by atoms with E-state index in [4.69, 9.17) is 9.47 Å². The lowest BCUT2D eigenvalue weighted by atomic mass is 10.0. The lowest BCUT2D eigenvalue weighted by Crippen LogP contribution is -2.27. The van der Waals surface area contributed by atoms with Crippen LogP contribution in [0.25, 0.3) is 22.4 Å². The van der Waals surface area contributed by atoms with E-state index in [2.05, 4.69) is 10.3 Å². The maximum atomic E-state index is 13.4. The molecule has 8 heteroatoms. The van der Waals surface area contributed by atoms with Crippen molar-refractivity contribution in [2.45, 2.75) is 52.7 Å². The number of carbonyl (C=O) groups is 3. The number of hydrogen-bond donors (Lipinski definition) is 1. The fourth-order valence-corrected chi connectivity index (χ4v) is 3.95. The van der Waals surface area contributed by atoms with Gasteiger partial charge in [-0.25, -0.2) is 9.59 Å². The molecule has 1 N–H and O–H groups in total. The van der Waals surface area contributed by atoms with E-state index in [0.717, 1.165) is 11.1 Å². The SMILES string of the molecule is CC(C)(C)OC(=O)c1ccc(-c2cccn2C(=O)OC(C)(C)C)cc1NC(=O)c1cncc(-c2ccccc2)c1. The van der Waals surface area contributed by atoms with Crippen LogP contribution < -0.4 is 5.32 Å². The Morgan fingerprint density at radius 1 is 0.750 bits per heavy atom. The van der Waals surface area contributed by atoms with Crippen LogP contribution in [0.4, 0.5) is 10.5 Å². The van der Waals surface area contributed by atoms with E-state index in [1.54, 1.807) is 90.3 Å². The highest BCUT2D eigenvalue weighted by molar-refractivity contribution is 6.09. The summed E-state index contributed by atoms with van der Waals surface area (Å²) in [5.41, 5.74) is 2.14. The van der Waals surface area contributed by atoms with Crippen molar-refractivity contribution in [2.24, 2.45) is 0 Å². The molecule has 1 amide bonds. The van der Waals surface area contributed by atoms with Gasteiger partial charge >= 0.3 is 12.1 Å².